The SMILES string of the molecule is Cc1cc(/C=N\Nc2ncccc2[N+](=O)[O-])c(C)n1-c1ccc(Sc2ccc([N+](=O)[O-])cc2)cc1. The van der Waals surface area contributed by atoms with Crippen molar-refractivity contribution in [2.45, 2.75) is 23.6 Å². The van der Waals surface area contributed by atoms with Crippen LogP contribution in [0.4, 0.5) is 17.2 Å². The molecule has 2 heterocycles. The predicted octanol–water partition coefficient (Wildman–Crippen LogP) is 5.90. The predicted molar refractivity (Wildman–Crippen MR) is 135 cm³/mol. The monoisotopic (exact) mass is 488 g/mol. The van der Waals surface area contributed by atoms with E-state index in [2.05, 4.69) is 20.1 Å². The van der Waals surface area contributed by atoms with Gasteiger partial charge < -0.3 is 4.57 Å². The number of hydrogen-bond acceptors (Lipinski definition) is 8. The molecule has 1 N–H and O–H groups in total. The smallest absolute Gasteiger partial charge is 0.313 e. The van der Waals surface area contributed by atoms with Crippen LogP contribution < -0.4 is 5.43 Å². The van der Waals surface area contributed by atoms with Crippen molar-refractivity contribution >= 4 is 35.2 Å². The Hall–Kier alpha value is -4.51. The Bertz CT molecular complexity index is 1420. The molecule has 0 atom stereocenters. The molecular weight excluding hydrogens is 468 g/mol. The number of rotatable bonds is 8. The van der Waals surface area contributed by atoms with E-state index in [1.54, 1.807) is 18.3 Å². The number of benzene rings is 2. The molecule has 0 spiro atoms. The minimum atomic E-state index is -0.514. The number of pyridine rings is 1. The number of aryl methyl sites for hydroxylation is 1. The second kappa shape index (κ2) is 10.2. The number of anilines is 1. The van der Waals surface area contributed by atoms with E-state index in [1.807, 2.05) is 44.2 Å². The second-order valence-corrected chi connectivity index (χ2v) is 8.65. The lowest BCUT2D eigenvalue weighted by Gasteiger charge is -2.10. The standard InChI is InChI=1S/C24H20N6O4S/c1-16-14-18(15-26-27-24-23(30(33)34)4-3-13-25-24)17(2)28(16)19-5-9-21(10-6-19)35-22-11-7-20(8-12-22)29(31)32/h3-15H,1-2H3,(H,25,27)/b26-15-. The highest BCUT2D eigenvalue weighted by molar-refractivity contribution is 7.99. The second-order valence-electron chi connectivity index (χ2n) is 7.51. The van der Waals surface area contributed by atoms with Crippen LogP contribution in [0.5, 0.6) is 0 Å². The van der Waals surface area contributed by atoms with Crippen molar-refractivity contribution in [3.8, 4) is 5.69 Å². The Labute approximate surface area is 204 Å². The lowest BCUT2D eigenvalue weighted by molar-refractivity contribution is -0.384. The fraction of sp³-hybridized carbons (Fsp3) is 0.0833. The largest absolute Gasteiger partial charge is 0.318 e. The van der Waals surface area contributed by atoms with Crippen LogP contribution in [0, 0.1) is 34.1 Å². The summed E-state index contributed by atoms with van der Waals surface area (Å²) in [4.78, 5) is 26.9. The summed E-state index contributed by atoms with van der Waals surface area (Å²) >= 11 is 1.52. The Morgan fingerprint density at radius 1 is 0.971 bits per heavy atom. The molecule has 0 fully saturated rings. The first kappa shape index (κ1) is 23.6. The van der Waals surface area contributed by atoms with Crippen LogP contribution in [-0.2, 0) is 0 Å². The molecule has 0 radical (unpaired) electrons. The Morgan fingerprint density at radius 3 is 2.26 bits per heavy atom. The molecule has 0 bridgehead atoms. The summed E-state index contributed by atoms with van der Waals surface area (Å²) in [5, 5.41) is 26.1. The molecule has 0 saturated heterocycles. The molecule has 4 rings (SSSR count). The number of nitro groups is 2. The Balaban J connectivity index is 1.49. The lowest BCUT2D eigenvalue weighted by atomic mass is 10.2. The fourth-order valence-electron chi connectivity index (χ4n) is 3.54. The normalized spacial score (nSPS) is 11.0. The van der Waals surface area contributed by atoms with E-state index >= 15 is 0 Å². The van der Waals surface area contributed by atoms with E-state index in [0.29, 0.717) is 0 Å². The van der Waals surface area contributed by atoms with Gasteiger partial charge in [0.15, 0.2) is 0 Å². The van der Waals surface area contributed by atoms with Crippen LogP contribution in [0.2, 0.25) is 0 Å². The van der Waals surface area contributed by atoms with Gasteiger partial charge in [0.2, 0.25) is 5.82 Å². The highest BCUT2D eigenvalue weighted by Crippen LogP contribution is 2.30. The molecule has 2 aromatic heterocycles. The molecule has 176 valence electrons. The van der Waals surface area contributed by atoms with Gasteiger partial charge in [0.25, 0.3) is 5.69 Å². The van der Waals surface area contributed by atoms with Crippen LogP contribution in [0.3, 0.4) is 0 Å². The number of nitro benzene ring substituents is 1. The molecule has 35 heavy (non-hydrogen) atoms. The zero-order valence-electron chi connectivity index (χ0n) is 18.8. The summed E-state index contributed by atoms with van der Waals surface area (Å²) in [6, 6.07) is 19.3. The maximum absolute atomic E-state index is 11.1. The fourth-order valence-corrected chi connectivity index (χ4v) is 4.36. The van der Waals surface area contributed by atoms with E-state index in [0.717, 1.165) is 32.4 Å². The number of nitrogens with one attached hydrogen (secondary N) is 1. The van der Waals surface area contributed by atoms with Crippen LogP contribution in [0.25, 0.3) is 5.69 Å². The molecule has 4 aromatic rings. The van der Waals surface area contributed by atoms with Crippen molar-refractivity contribution in [3.63, 3.8) is 0 Å². The summed E-state index contributed by atoms with van der Waals surface area (Å²) in [5.41, 5.74) is 6.35. The summed E-state index contributed by atoms with van der Waals surface area (Å²) < 4.78 is 2.09. The van der Waals surface area contributed by atoms with E-state index in [-0.39, 0.29) is 17.2 Å². The maximum atomic E-state index is 11.1. The zero-order chi connectivity index (χ0) is 24.9. The molecule has 0 amide bonds. The number of non-ortho nitro benzene ring substituents is 1. The third-order valence-electron chi connectivity index (χ3n) is 5.21. The molecule has 2 aromatic carbocycles. The van der Waals surface area contributed by atoms with Gasteiger partial charge in [-0.25, -0.2) is 4.98 Å². The first-order chi connectivity index (χ1) is 16.8. The topological polar surface area (TPSA) is 128 Å². The number of hydrazone groups is 1. The number of aromatic nitrogens is 2. The van der Waals surface area contributed by atoms with Crippen LogP contribution in [-0.4, -0.2) is 25.6 Å². The third-order valence-corrected chi connectivity index (χ3v) is 6.22. The van der Waals surface area contributed by atoms with Crippen molar-refractivity contribution < 1.29 is 9.85 Å². The first-order valence-electron chi connectivity index (χ1n) is 10.4. The van der Waals surface area contributed by atoms with E-state index in [4.69, 9.17) is 0 Å². The molecule has 0 saturated carbocycles. The molecule has 0 aliphatic carbocycles. The van der Waals surface area contributed by atoms with E-state index in [1.165, 1.54) is 42.2 Å². The third kappa shape index (κ3) is 5.36. The Kier molecular flexibility index (Phi) is 6.88. The molecule has 11 heteroatoms. The van der Waals surface area contributed by atoms with Crippen molar-refractivity contribution in [1.29, 1.82) is 0 Å². The molecular formula is C24H20N6O4S. The number of hydrogen-bond donors (Lipinski definition) is 1. The summed E-state index contributed by atoms with van der Waals surface area (Å²) in [6.45, 7) is 3.96. The Morgan fingerprint density at radius 2 is 1.63 bits per heavy atom. The summed E-state index contributed by atoms with van der Waals surface area (Å²) in [5.74, 6) is 0.0728. The summed E-state index contributed by atoms with van der Waals surface area (Å²) in [6.07, 6.45) is 3.07. The van der Waals surface area contributed by atoms with Gasteiger partial charge in [0.05, 0.1) is 16.1 Å². The van der Waals surface area contributed by atoms with Crippen molar-refractivity contribution in [2.24, 2.45) is 5.10 Å². The first-order valence-corrected chi connectivity index (χ1v) is 11.3. The molecule has 0 unspecified atom stereocenters. The lowest BCUT2D eigenvalue weighted by Crippen LogP contribution is -2.00. The van der Waals surface area contributed by atoms with Gasteiger partial charge in [0, 0.05) is 56.8 Å². The maximum Gasteiger partial charge on any atom is 0.313 e. The van der Waals surface area contributed by atoms with Gasteiger partial charge in [-0.05, 0) is 62.4 Å². The van der Waals surface area contributed by atoms with Gasteiger partial charge >= 0.3 is 5.69 Å². The minimum Gasteiger partial charge on any atom is -0.318 e. The highest BCUT2D eigenvalue weighted by Gasteiger charge is 2.14. The van der Waals surface area contributed by atoms with Crippen molar-refractivity contribution in [2.75, 3.05) is 5.43 Å². The van der Waals surface area contributed by atoms with Gasteiger partial charge in [-0.1, -0.05) is 11.8 Å². The average molecular weight is 489 g/mol. The van der Waals surface area contributed by atoms with Crippen LogP contribution >= 0.6 is 11.8 Å². The van der Waals surface area contributed by atoms with Gasteiger partial charge in [-0.15, -0.1) is 0 Å². The van der Waals surface area contributed by atoms with E-state index in [9.17, 15) is 20.2 Å². The van der Waals surface area contributed by atoms with Gasteiger partial charge in [-0.2, -0.15) is 5.10 Å². The van der Waals surface area contributed by atoms with Crippen LogP contribution in [0.1, 0.15) is 17.0 Å². The zero-order valence-corrected chi connectivity index (χ0v) is 19.6. The number of nitrogens with zero attached hydrogens (tertiary/aromatic N) is 5. The van der Waals surface area contributed by atoms with Gasteiger partial charge in [0.1, 0.15) is 0 Å². The minimum absolute atomic E-state index is 0.0658. The quantitative estimate of drug-likeness (QED) is 0.186. The van der Waals surface area contributed by atoms with Gasteiger partial charge in [-0.3, -0.25) is 25.7 Å². The van der Waals surface area contributed by atoms with E-state index < -0.39 is 9.85 Å². The summed E-state index contributed by atoms with van der Waals surface area (Å²) in [7, 11) is 0. The molecule has 0 aliphatic rings. The molecule has 0 aliphatic heterocycles. The molecule has 10 nitrogen and oxygen atoms in total. The van der Waals surface area contributed by atoms with Crippen molar-refractivity contribution in [3.05, 3.63) is 110 Å². The van der Waals surface area contributed by atoms with Crippen molar-refractivity contribution in [1.82, 2.24) is 9.55 Å². The average Bonchev–Trinajstić information content (AvgIpc) is 3.13. The van der Waals surface area contributed by atoms with Crippen LogP contribution in [0.15, 0.2) is 87.8 Å². The highest BCUT2D eigenvalue weighted by atomic mass is 32.2.